The molecule has 0 saturated carbocycles. The molecule has 0 unspecified atom stereocenters. The molecule has 7 nitrogen and oxygen atoms in total. The van der Waals surface area contributed by atoms with Crippen LogP contribution in [0.4, 0.5) is 10.1 Å². The normalized spacial score (nSPS) is 10.8. The summed E-state index contributed by atoms with van der Waals surface area (Å²) in [6.45, 7) is 2.46. The number of amides is 1. The molecule has 1 amide bonds. The maximum absolute atomic E-state index is 13.0. The summed E-state index contributed by atoms with van der Waals surface area (Å²) in [5, 5.41) is 2.60. The van der Waals surface area contributed by atoms with E-state index in [1.165, 1.54) is 52.3 Å². The van der Waals surface area contributed by atoms with Gasteiger partial charge in [-0.1, -0.05) is 0 Å². The summed E-state index contributed by atoms with van der Waals surface area (Å²) in [6, 6.07) is 10.1. The van der Waals surface area contributed by atoms with Gasteiger partial charge in [-0.3, -0.25) is 4.79 Å². The van der Waals surface area contributed by atoms with E-state index in [0.717, 1.165) is 0 Å². The summed E-state index contributed by atoms with van der Waals surface area (Å²) in [6.07, 6.45) is 0. The van der Waals surface area contributed by atoms with Gasteiger partial charge in [0.15, 0.2) is 12.2 Å². The van der Waals surface area contributed by atoms with E-state index >= 15 is 0 Å². The lowest BCUT2D eigenvalue weighted by Crippen LogP contribution is -2.41. The van der Waals surface area contributed by atoms with Gasteiger partial charge in [-0.2, -0.15) is 0 Å². The molecule has 0 aliphatic carbocycles. The number of hydrogen-bond acceptors (Lipinski definition) is 6. The van der Waals surface area contributed by atoms with E-state index in [1.54, 1.807) is 18.2 Å². The third-order valence-corrected chi connectivity index (χ3v) is 3.69. The first-order chi connectivity index (χ1) is 13.2. The third-order valence-electron chi connectivity index (χ3n) is 3.69. The Bertz CT molecular complexity index is 835. The van der Waals surface area contributed by atoms with Crippen LogP contribution in [-0.2, 0) is 14.3 Å². The summed E-state index contributed by atoms with van der Waals surface area (Å²) in [5.41, 5.74) is -0.990. The fourth-order valence-corrected chi connectivity index (χ4v) is 2.24. The van der Waals surface area contributed by atoms with E-state index < -0.39 is 29.9 Å². The van der Waals surface area contributed by atoms with Gasteiger partial charge in [0.05, 0.1) is 19.9 Å². The fourth-order valence-electron chi connectivity index (χ4n) is 2.24. The molecule has 0 heterocycles. The molecule has 0 spiro atoms. The van der Waals surface area contributed by atoms with Crippen LogP contribution in [0.3, 0.4) is 0 Å². The number of carbonyl (C=O) groups excluding carboxylic acids is 2. The predicted octanol–water partition coefficient (Wildman–Crippen LogP) is 3.18. The molecule has 0 aromatic heterocycles. The van der Waals surface area contributed by atoms with Crippen LogP contribution in [-0.4, -0.2) is 38.3 Å². The summed E-state index contributed by atoms with van der Waals surface area (Å²) in [4.78, 5) is 24.4. The quantitative estimate of drug-likeness (QED) is 0.696. The number of carbonyl (C=O) groups is 2. The zero-order chi connectivity index (χ0) is 20.7. The Hall–Kier alpha value is -3.29. The minimum Gasteiger partial charge on any atom is -0.497 e. The Morgan fingerprint density at radius 3 is 2.25 bits per heavy atom. The molecule has 1 N–H and O–H groups in total. The lowest BCUT2D eigenvalue weighted by atomic mass is 10.1. The maximum Gasteiger partial charge on any atom is 0.350 e. The smallest absolute Gasteiger partial charge is 0.350 e. The minimum atomic E-state index is -1.37. The molecule has 0 aliphatic heterocycles. The topological polar surface area (TPSA) is 83.1 Å². The highest BCUT2D eigenvalue weighted by molar-refractivity contribution is 5.94. The Morgan fingerprint density at radius 2 is 1.64 bits per heavy atom. The van der Waals surface area contributed by atoms with Crippen molar-refractivity contribution in [1.82, 2.24) is 0 Å². The van der Waals surface area contributed by atoms with Crippen molar-refractivity contribution in [3.63, 3.8) is 0 Å². The second-order valence-electron chi connectivity index (χ2n) is 6.26. The summed E-state index contributed by atoms with van der Waals surface area (Å²) in [7, 11) is 2.96. The molecule has 0 atom stereocenters. The number of esters is 1. The molecule has 0 fully saturated rings. The van der Waals surface area contributed by atoms with Crippen LogP contribution in [0.25, 0.3) is 0 Å². The van der Waals surface area contributed by atoms with Gasteiger partial charge in [0.2, 0.25) is 0 Å². The van der Waals surface area contributed by atoms with E-state index in [9.17, 15) is 14.0 Å². The van der Waals surface area contributed by atoms with E-state index in [-0.39, 0.29) is 0 Å². The van der Waals surface area contributed by atoms with E-state index in [0.29, 0.717) is 22.9 Å². The number of methoxy groups -OCH3 is 2. The molecule has 0 bridgehead atoms. The second kappa shape index (κ2) is 9.07. The van der Waals surface area contributed by atoms with Crippen molar-refractivity contribution in [2.75, 3.05) is 26.1 Å². The highest BCUT2D eigenvalue weighted by Crippen LogP contribution is 2.28. The second-order valence-corrected chi connectivity index (χ2v) is 6.26. The first-order valence-corrected chi connectivity index (χ1v) is 8.39. The van der Waals surface area contributed by atoms with Gasteiger partial charge >= 0.3 is 5.97 Å². The molecule has 2 aromatic carbocycles. The van der Waals surface area contributed by atoms with Crippen LogP contribution in [0, 0.1) is 5.82 Å². The number of anilines is 1. The van der Waals surface area contributed by atoms with Crippen molar-refractivity contribution in [2.24, 2.45) is 0 Å². The molecule has 150 valence electrons. The Labute approximate surface area is 162 Å². The fraction of sp³-hybridized carbons (Fsp3) is 0.300. The van der Waals surface area contributed by atoms with Crippen molar-refractivity contribution in [3.8, 4) is 17.2 Å². The van der Waals surface area contributed by atoms with Crippen LogP contribution in [0.2, 0.25) is 0 Å². The zero-order valence-electron chi connectivity index (χ0n) is 16.1. The van der Waals surface area contributed by atoms with Crippen molar-refractivity contribution in [3.05, 3.63) is 48.3 Å². The first kappa shape index (κ1) is 21.0. The van der Waals surface area contributed by atoms with Gasteiger partial charge in [-0.05, 0) is 50.2 Å². The van der Waals surface area contributed by atoms with Crippen molar-refractivity contribution < 1.29 is 32.9 Å². The summed E-state index contributed by atoms with van der Waals surface area (Å²) in [5.74, 6) is -0.462. The summed E-state index contributed by atoms with van der Waals surface area (Å²) >= 11 is 0. The third kappa shape index (κ3) is 5.60. The number of hydrogen-bond donors (Lipinski definition) is 1. The molecule has 2 rings (SSSR count). The molecular formula is C20H22FNO6. The number of ether oxygens (including phenoxy) is 4. The molecular weight excluding hydrogens is 369 g/mol. The number of halogens is 1. The highest BCUT2D eigenvalue weighted by Gasteiger charge is 2.32. The van der Waals surface area contributed by atoms with Gasteiger partial charge in [0.25, 0.3) is 5.91 Å². The van der Waals surface area contributed by atoms with E-state index in [4.69, 9.17) is 18.9 Å². The van der Waals surface area contributed by atoms with Gasteiger partial charge < -0.3 is 24.3 Å². The first-order valence-electron chi connectivity index (χ1n) is 8.39. The number of nitrogens with one attached hydrogen (secondary N) is 1. The molecule has 28 heavy (non-hydrogen) atoms. The lowest BCUT2D eigenvalue weighted by molar-refractivity contribution is -0.161. The average Bonchev–Trinajstić information content (AvgIpc) is 2.67. The molecule has 0 radical (unpaired) electrons. The average molecular weight is 391 g/mol. The number of benzene rings is 2. The van der Waals surface area contributed by atoms with Crippen LogP contribution in [0.15, 0.2) is 42.5 Å². The number of rotatable bonds is 8. The maximum atomic E-state index is 13.0. The van der Waals surface area contributed by atoms with E-state index in [1.807, 2.05) is 0 Å². The van der Waals surface area contributed by atoms with Crippen molar-refractivity contribution in [2.45, 2.75) is 19.4 Å². The Balaban J connectivity index is 1.94. The van der Waals surface area contributed by atoms with Gasteiger partial charge in [0, 0.05) is 6.07 Å². The van der Waals surface area contributed by atoms with Gasteiger partial charge in [-0.15, -0.1) is 0 Å². The predicted molar refractivity (Wildman–Crippen MR) is 100 cm³/mol. The minimum absolute atomic E-state index is 0.300. The molecule has 2 aromatic rings. The largest absolute Gasteiger partial charge is 0.497 e. The standard InChI is InChI=1S/C20H22FNO6/c1-20(2,28-14-7-5-13(21)6-8-14)19(24)27-12-18(23)22-16-11-15(25-3)9-10-17(16)26-4/h5-11H,12H2,1-4H3,(H,22,23). The highest BCUT2D eigenvalue weighted by atomic mass is 19.1. The van der Waals surface area contributed by atoms with Crippen molar-refractivity contribution in [1.29, 1.82) is 0 Å². The SMILES string of the molecule is COc1ccc(OC)c(NC(=O)COC(=O)C(C)(C)Oc2ccc(F)cc2)c1. The molecule has 8 heteroatoms. The lowest BCUT2D eigenvalue weighted by Gasteiger charge is -2.24. The van der Waals surface area contributed by atoms with Crippen LogP contribution in [0.1, 0.15) is 13.8 Å². The van der Waals surface area contributed by atoms with Gasteiger partial charge in [-0.25, -0.2) is 9.18 Å². The summed E-state index contributed by atoms with van der Waals surface area (Å²) < 4.78 is 33.8. The van der Waals surface area contributed by atoms with Crippen LogP contribution in [0.5, 0.6) is 17.2 Å². The zero-order valence-corrected chi connectivity index (χ0v) is 16.1. The molecule has 0 aliphatic rings. The molecule has 0 saturated heterocycles. The van der Waals surface area contributed by atoms with Crippen molar-refractivity contribution >= 4 is 17.6 Å². The van der Waals surface area contributed by atoms with E-state index in [2.05, 4.69) is 5.32 Å². The Morgan fingerprint density at radius 1 is 1.00 bits per heavy atom. The van der Waals surface area contributed by atoms with Crippen LogP contribution >= 0.6 is 0 Å². The van der Waals surface area contributed by atoms with Crippen LogP contribution < -0.4 is 19.5 Å². The van der Waals surface area contributed by atoms with Gasteiger partial charge in [0.1, 0.15) is 23.1 Å². The Kier molecular flexibility index (Phi) is 6.81. The monoisotopic (exact) mass is 391 g/mol.